The molecule has 0 radical (unpaired) electrons. The molecule has 1 fully saturated rings. The van der Waals surface area contributed by atoms with E-state index in [-0.39, 0.29) is 11.7 Å². The number of aromatic nitrogens is 3. The summed E-state index contributed by atoms with van der Waals surface area (Å²) in [7, 11) is 3.95. The van der Waals surface area contributed by atoms with Gasteiger partial charge in [0.05, 0.1) is 37.1 Å². The molecule has 1 aliphatic heterocycles. The number of fused-ring (bicyclic) bond motifs is 2. The minimum absolute atomic E-state index is 0.0441. The van der Waals surface area contributed by atoms with Gasteiger partial charge in [-0.3, -0.25) is 9.58 Å². The van der Waals surface area contributed by atoms with Crippen LogP contribution in [-0.2, 0) is 18.2 Å². The zero-order chi connectivity index (χ0) is 30.6. The van der Waals surface area contributed by atoms with Crippen LogP contribution in [0.5, 0.6) is 5.75 Å². The van der Waals surface area contributed by atoms with Gasteiger partial charge in [-0.2, -0.15) is 5.10 Å². The Bertz CT molecular complexity index is 1760. The van der Waals surface area contributed by atoms with Gasteiger partial charge in [-0.05, 0) is 50.2 Å². The molecule has 0 aliphatic carbocycles. The summed E-state index contributed by atoms with van der Waals surface area (Å²) >= 11 is 0. The quantitative estimate of drug-likeness (QED) is 0.158. The highest BCUT2D eigenvalue weighted by atomic mass is 16.5. The van der Waals surface area contributed by atoms with Crippen LogP contribution in [0.3, 0.4) is 0 Å². The van der Waals surface area contributed by atoms with Crippen LogP contribution in [0, 0.1) is 6.92 Å². The van der Waals surface area contributed by atoms with E-state index in [2.05, 4.69) is 46.4 Å². The van der Waals surface area contributed by atoms with Gasteiger partial charge >= 0.3 is 5.97 Å². The van der Waals surface area contributed by atoms with Gasteiger partial charge in [-0.25, -0.2) is 4.79 Å². The molecule has 3 heterocycles. The average molecular weight is 596 g/mol. The van der Waals surface area contributed by atoms with E-state index in [9.17, 15) is 9.90 Å². The van der Waals surface area contributed by atoms with Crippen LogP contribution in [0.15, 0.2) is 60.7 Å². The summed E-state index contributed by atoms with van der Waals surface area (Å²) in [4.78, 5) is 18.2. The molecule has 0 spiro atoms. The summed E-state index contributed by atoms with van der Waals surface area (Å²) in [6.45, 7) is 6.95. The number of para-hydroxylation sites is 1. The first-order chi connectivity index (χ1) is 21.5. The second kappa shape index (κ2) is 13.2. The normalized spacial score (nSPS) is 14.8. The minimum atomic E-state index is -0.959. The molecule has 1 atom stereocenters. The summed E-state index contributed by atoms with van der Waals surface area (Å²) in [6, 6.07) is 20.4. The zero-order valence-electron chi connectivity index (χ0n) is 25.7. The Kier molecular flexibility index (Phi) is 8.97. The number of nitrogens with zero attached hydrogens (tertiary/aromatic N) is 3. The maximum atomic E-state index is 12.5. The number of morpholine rings is 1. The Morgan fingerprint density at radius 1 is 1.09 bits per heavy atom. The lowest BCUT2D eigenvalue weighted by atomic mass is 9.95. The fourth-order valence-electron chi connectivity index (χ4n) is 6.44. The van der Waals surface area contributed by atoms with Crippen LogP contribution in [0.25, 0.3) is 32.8 Å². The molecule has 44 heavy (non-hydrogen) atoms. The van der Waals surface area contributed by atoms with Gasteiger partial charge in [0.2, 0.25) is 0 Å². The van der Waals surface area contributed by atoms with Gasteiger partial charge in [-0.15, -0.1) is 0 Å². The molecule has 2 aromatic heterocycles. The monoisotopic (exact) mass is 595 g/mol. The van der Waals surface area contributed by atoms with E-state index < -0.39 is 5.97 Å². The van der Waals surface area contributed by atoms with E-state index >= 15 is 0 Å². The van der Waals surface area contributed by atoms with E-state index in [0.717, 1.165) is 94.8 Å². The van der Waals surface area contributed by atoms with E-state index in [1.54, 1.807) is 0 Å². The molecule has 0 amide bonds. The number of aromatic amines is 1. The lowest BCUT2D eigenvalue weighted by Crippen LogP contribution is -2.38. The van der Waals surface area contributed by atoms with E-state index in [1.165, 1.54) is 0 Å². The third-order valence-corrected chi connectivity index (χ3v) is 8.88. The fraction of sp³-hybridized carbons (Fsp3) is 0.371. The van der Waals surface area contributed by atoms with Crippen molar-refractivity contribution in [1.29, 1.82) is 0 Å². The van der Waals surface area contributed by atoms with Crippen molar-refractivity contribution in [2.75, 3.05) is 46.5 Å². The predicted molar refractivity (Wildman–Crippen MR) is 174 cm³/mol. The summed E-state index contributed by atoms with van der Waals surface area (Å²) < 4.78 is 13.6. The summed E-state index contributed by atoms with van der Waals surface area (Å²) in [6.07, 6.45) is 2.16. The van der Waals surface area contributed by atoms with Crippen molar-refractivity contribution in [3.63, 3.8) is 0 Å². The van der Waals surface area contributed by atoms with Gasteiger partial charge in [0.1, 0.15) is 11.4 Å². The van der Waals surface area contributed by atoms with Gasteiger partial charge in [0.25, 0.3) is 0 Å². The molecule has 3 N–H and O–H groups in total. The number of rotatable bonds is 12. The van der Waals surface area contributed by atoms with Crippen molar-refractivity contribution >= 4 is 27.6 Å². The average Bonchev–Trinajstić information content (AvgIpc) is 3.57. The van der Waals surface area contributed by atoms with Gasteiger partial charge in [-0.1, -0.05) is 54.6 Å². The number of carboxylic acid groups (broad SMARTS) is 1. The van der Waals surface area contributed by atoms with Crippen LogP contribution in [-0.4, -0.2) is 77.2 Å². The molecule has 9 nitrogen and oxygen atoms in total. The van der Waals surface area contributed by atoms with E-state index in [1.807, 2.05) is 55.2 Å². The topological polar surface area (TPSA) is 105 Å². The molecule has 1 saturated heterocycles. The van der Waals surface area contributed by atoms with Crippen molar-refractivity contribution < 1.29 is 19.4 Å². The predicted octanol–water partition coefficient (Wildman–Crippen LogP) is 5.72. The highest BCUT2D eigenvalue weighted by molar-refractivity contribution is 6.03. The Balaban J connectivity index is 1.28. The molecular formula is C35H41N5O4. The highest BCUT2D eigenvalue weighted by Crippen LogP contribution is 2.38. The maximum absolute atomic E-state index is 12.5. The third kappa shape index (κ3) is 5.95. The molecular weight excluding hydrogens is 554 g/mol. The van der Waals surface area contributed by atoms with Crippen LogP contribution >= 0.6 is 0 Å². The first-order valence-electron chi connectivity index (χ1n) is 15.4. The molecule has 3 aromatic carbocycles. The summed E-state index contributed by atoms with van der Waals surface area (Å²) in [5.41, 5.74) is 5.89. The van der Waals surface area contributed by atoms with Crippen molar-refractivity contribution in [3.05, 3.63) is 83.3 Å². The number of benzene rings is 3. The molecule has 5 aromatic rings. The van der Waals surface area contributed by atoms with Crippen molar-refractivity contribution in [3.8, 4) is 16.9 Å². The molecule has 0 saturated carbocycles. The van der Waals surface area contributed by atoms with Crippen LogP contribution < -0.4 is 10.1 Å². The maximum Gasteiger partial charge on any atom is 0.352 e. The number of hydrogen-bond acceptors (Lipinski definition) is 6. The molecule has 1 aliphatic rings. The zero-order valence-corrected chi connectivity index (χ0v) is 25.7. The second-order valence-electron chi connectivity index (χ2n) is 11.5. The lowest BCUT2D eigenvalue weighted by molar-refractivity contribution is 0.0362. The molecule has 9 heteroatoms. The van der Waals surface area contributed by atoms with Crippen LogP contribution in [0.4, 0.5) is 0 Å². The number of hydrogen-bond donors (Lipinski definition) is 3. The Labute approximate surface area is 257 Å². The Morgan fingerprint density at radius 2 is 1.84 bits per heavy atom. The van der Waals surface area contributed by atoms with E-state index in [4.69, 9.17) is 14.6 Å². The van der Waals surface area contributed by atoms with Gasteiger partial charge in [0, 0.05) is 54.3 Å². The van der Waals surface area contributed by atoms with Crippen molar-refractivity contribution in [2.45, 2.75) is 32.2 Å². The molecule has 6 rings (SSSR count). The minimum Gasteiger partial charge on any atom is -0.493 e. The SMILES string of the molecule is CNC(CCN1CCOCC1)c1nn(C)c(C)c1-c1cccc2c(CCCOc3cccc4ccccc34)c(C(=O)O)[nH]c12. The van der Waals surface area contributed by atoms with Gasteiger partial charge in [0.15, 0.2) is 0 Å². The molecule has 0 bridgehead atoms. The number of aromatic carboxylic acids is 1. The number of nitrogens with one attached hydrogen (secondary N) is 2. The molecule has 1 unspecified atom stereocenters. The number of aryl methyl sites for hydroxylation is 2. The van der Waals surface area contributed by atoms with Gasteiger partial charge < -0.3 is 24.9 Å². The number of carbonyl (C=O) groups is 1. The van der Waals surface area contributed by atoms with Crippen molar-refractivity contribution in [2.24, 2.45) is 7.05 Å². The van der Waals surface area contributed by atoms with Crippen molar-refractivity contribution in [1.82, 2.24) is 25.0 Å². The van der Waals surface area contributed by atoms with E-state index in [0.29, 0.717) is 19.4 Å². The Morgan fingerprint density at radius 3 is 2.64 bits per heavy atom. The third-order valence-electron chi connectivity index (χ3n) is 8.88. The number of carboxylic acids is 1. The Hall–Kier alpha value is -4.18. The standard InChI is InChI=1S/C35H41N5O4/c1-23-31(34(38-39(23)3)29(36-2)16-17-40-18-21-43-22-19-40)28-13-7-12-26-27(33(35(41)42)37-32(26)28)14-8-20-44-30-15-6-10-24-9-4-5-11-25(24)30/h4-7,9-13,15,29,36-37H,8,14,16-22H2,1-3H3,(H,41,42). The first-order valence-corrected chi connectivity index (χ1v) is 15.4. The number of H-pyrrole nitrogens is 1. The van der Waals surface area contributed by atoms with Crippen LogP contribution in [0.1, 0.15) is 46.3 Å². The smallest absolute Gasteiger partial charge is 0.352 e. The second-order valence-corrected chi connectivity index (χ2v) is 11.5. The first kappa shape index (κ1) is 29.9. The lowest BCUT2D eigenvalue weighted by Gasteiger charge is -2.28. The van der Waals surface area contributed by atoms with Crippen LogP contribution in [0.2, 0.25) is 0 Å². The summed E-state index contributed by atoms with van der Waals surface area (Å²) in [5.74, 6) is -0.117. The highest BCUT2D eigenvalue weighted by Gasteiger charge is 2.26. The summed E-state index contributed by atoms with van der Waals surface area (Å²) in [5, 5.41) is 21.8. The number of ether oxygens (including phenoxy) is 2. The molecule has 230 valence electrons. The fourth-order valence-corrected chi connectivity index (χ4v) is 6.44. The largest absolute Gasteiger partial charge is 0.493 e.